The number of nitrogens with two attached hydrogens (primary N) is 1. The number of ether oxygens (including phenoxy) is 1. The molecular weight excluding hydrogens is 240 g/mol. The Kier molecular flexibility index (Phi) is 4.52. The summed E-state index contributed by atoms with van der Waals surface area (Å²) >= 11 is 0. The summed E-state index contributed by atoms with van der Waals surface area (Å²) in [5.74, 6) is 2.65. The van der Waals surface area contributed by atoms with E-state index in [4.69, 9.17) is 10.5 Å². The molecule has 2 aromatic rings. The van der Waals surface area contributed by atoms with E-state index in [0.717, 1.165) is 29.4 Å². The molecule has 102 valence electrons. The van der Waals surface area contributed by atoms with Gasteiger partial charge in [-0.15, -0.1) is 0 Å². The summed E-state index contributed by atoms with van der Waals surface area (Å²) in [5.41, 5.74) is 6.64. The molecule has 0 atom stereocenters. The zero-order chi connectivity index (χ0) is 13.7. The first-order valence-corrected chi connectivity index (χ1v) is 6.48. The molecule has 0 saturated carbocycles. The maximum atomic E-state index is 5.76. The van der Waals surface area contributed by atoms with Crippen LogP contribution < -0.4 is 10.5 Å². The molecule has 5 heteroatoms. The lowest BCUT2D eigenvalue weighted by Crippen LogP contribution is -2.07. The van der Waals surface area contributed by atoms with Gasteiger partial charge in [0, 0.05) is 19.9 Å². The number of aryl methyl sites for hydroxylation is 2. The van der Waals surface area contributed by atoms with Gasteiger partial charge in [0.05, 0.1) is 6.61 Å². The zero-order valence-corrected chi connectivity index (χ0v) is 11.5. The largest absolute Gasteiger partial charge is 0.493 e. The van der Waals surface area contributed by atoms with Gasteiger partial charge in [-0.05, 0) is 25.1 Å². The molecule has 0 aliphatic rings. The predicted octanol–water partition coefficient (Wildman–Crippen LogP) is 1.25. The molecule has 1 aromatic carbocycles. The number of aromatic nitrogens is 3. The van der Waals surface area contributed by atoms with Gasteiger partial charge >= 0.3 is 0 Å². The van der Waals surface area contributed by atoms with Gasteiger partial charge in [0.25, 0.3) is 0 Å². The molecule has 0 aliphatic carbocycles. The molecule has 0 aliphatic heterocycles. The smallest absolute Gasteiger partial charge is 0.152 e. The third-order valence-corrected chi connectivity index (χ3v) is 2.94. The van der Waals surface area contributed by atoms with Crippen LogP contribution in [0.2, 0.25) is 0 Å². The van der Waals surface area contributed by atoms with Crippen LogP contribution in [-0.4, -0.2) is 27.9 Å². The van der Waals surface area contributed by atoms with E-state index >= 15 is 0 Å². The Morgan fingerprint density at radius 1 is 1.26 bits per heavy atom. The van der Waals surface area contributed by atoms with Crippen molar-refractivity contribution in [3.05, 3.63) is 41.5 Å². The lowest BCUT2D eigenvalue weighted by atomic mass is 10.2. The fraction of sp³-hybridized carbons (Fsp3) is 0.429. The van der Waals surface area contributed by atoms with E-state index < -0.39 is 0 Å². The molecule has 0 saturated heterocycles. The summed E-state index contributed by atoms with van der Waals surface area (Å²) < 4.78 is 7.56. The second-order valence-corrected chi connectivity index (χ2v) is 4.47. The second kappa shape index (κ2) is 6.33. The third-order valence-electron chi connectivity index (χ3n) is 2.94. The van der Waals surface area contributed by atoms with Gasteiger partial charge in [-0.25, -0.2) is 4.98 Å². The molecule has 0 spiro atoms. The summed E-state index contributed by atoms with van der Waals surface area (Å²) in [7, 11) is 1.90. The van der Waals surface area contributed by atoms with Gasteiger partial charge in [-0.2, -0.15) is 5.10 Å². The van der Waals surface area contributed by atoms with E-state index in [2.05, 4.69) is 10.1 Å². The van der Waals surface area contributed by atoms with Crippen LogP contribution in [0.3, 0.4) is 0 Å². The van der Waals surface area contributed by atoms with E-state index in [1.807, 2.05) is 38.2 Å². The Balaban J connectivity index is 1.90. The Morgan fingerprint density at radius 2 is 2.05 bits per heavy atom. The lowest BCUT2D eigenvalue weighted by molar-refractivity contribution is 0.314. The molecule has 0 unspecified atom stereocenters. The molecule has 19 heavy (non-hydrogen) atoms. The van der Waals surface area contributed by atoms with Crippen LogP contribution in [0.1, 0.15) is 17.2 Å². The molecule has 1 heterocycles. The highest BCUT2D eigenvalue weighted by atomic mass is 16.5. The normalized spacial score (nSPS) is 10.7. The molecule has 0 radical (unpaired) electrons. The van der Waals surface area contributed by atoms with Gasteiger partial charge in [0.15, 0.2) is 5.82 Å². The number of para-hydroxylation sites is 1. The fourth-order valence-corrected chi connectivity index (χ4v) is 1.90. The van der Waals surface area contributed by atoms with Gasteiger partial charge < -0.3 is 10.5 Å². The van der Waals surface area contributed by atoms with Crippen LogP contribution in [0.5, 0.6) is 5.75 Å². The SMILES string of the molecule is Cc1ccccc1OCCc1nc(CCN)nn1C. The minimum atomic E-state index is 0.573. The first-order chi connectivity index (χ1) is 9.20. The molecule has 0 fully saturated rings. The van der Waals surface area contributed by atoms with E-state index in [1.165, 1.54) is 0 Å². The Morgan fingerprint density at radius 3 is 2.79 bits per heavy atom. The Hall–Kier alpha value is -1.88. The number of hydrogen-bond acceptors (Lipinski definition) is 4. The minimum absolute atomic E-state index is 0.573. The standard InChI is InChI=1S/C14H20N4O/c1-11-5-3-4-6-12(11)19-10-8-14-16-13(7-9-15)17-18(14)2/h3-6H,7-10,15H2,1-2H3. The van der Waals surface area contributed by atoms with Crippen molar-refractivity contribution >= 4 is 0 Å². The third kappa shape index (κ3) is 3.54. The molecule has 1 aromatic heterocycles. The maximum absolute atomic E-state index is 5.76. The van der Waals surface area contributed by atoms with Crippen LogP contribution in [-0.2, 0) is 19.9 Å². The summed E-state index contributed by atoms with van der Waals surface area (Å²) in [6.07, 6.45) is 1.45. The van der Waals surface area contributed by atoms with Gasteiger partial charge in [0.2, 0.25) is 0 Å². The van der Waals surface area contributed by atoms with Gasteiger partial charge in [-0.3, -0.25) is 4.68 Å². The van der Waals surface area contributed by atoms with Crippen LogP contribution >= 0.6 is 0 Å². The molecule has 2 rings (SSSR count). The van der Waals surface area contributed by atoms with Crippen molar-refractivity contribution in [2.24, 2.45) is 12.8 Å². The molecule has 0 amide bonds. The van der Waals surface area contributed by atoms with Crippen molar-refractivity contribution in [3.63, 3.8) is 0 Å². The Labute approximate surface area is 113 Å². The summed E-state index contributed by atoms with van der Waals surface area (Å²) in [6, 6.07) is 8.00. The molecule has 2 N–H and O–H groups in total. The number of hydrogen-bond donors (Lipinski definition) is 1. The topological polar surface area (TPSA) is 66.0 Å². The van der Waals surface area contributed by atoms with Crippen molar-refractivity contribution in [3.8, 4) is 5.75 Å². The fourth-order valence-electron chi connectivity index (χ4n) is 1.90. The Bertz CT molecular complexity index is 536. The molecular formula is C14H20N4O. The van der Waals surface area contributed by atoms with E-state index in [9.17, 15) is 0 Å². The van der Waals surface area contributed by atoms with E-state index in [0.29, 0.717) is 19.6 Å². The summed E-state index contributed by atoms with van der Waals surface area (Å²) in [5, 5.41) is 4.31. The maximum Gasteiger partial charge on any atom is 0.152 e. The average Bonchev–Trinajstić information content (AvgIpc) is 2.73. The van der Waals surface area contributed by atoms with Gasteiger partial charge in [0.1, 0.15) is 11.6 Å². The van der Waals surface area contributed by atoms with Crippen molar-refractivity contribution in [1.82, 2.24) is 14.8 Å². The zero-order valence-electron chi connectivity index (χ0n) is 11.5. The molecule has 0 bridgehead atoms. The number of benzene rings is 1. The van der Waals surface area contributed by atoms with Crippen LogP contribution in [0.25, 0.3) is 0 Å². The average molecular weight is 260 g/mol. The monoisotopic (exact) mass is 260 g/mol. The predicted molar refractivity (Wildman–Crippen MR) is 74.1 cm³/mol. The first-order valence-electron chi connectivity index (χ1n) is 6.48. The summed E-state index contributed by atoms with van der Waals surface area (Å²) in [4.78, 5) is 4.44. The lowest BCUT2D eigenvalue weighted by Gasteiger charge is -2.08. The minimum Gasteiger partial charge on any atom is -0.493 e. The first kappa shape index (κ1) is 13.5. The van der Waals surface area contributed by atoms with E-state index in [1.54, 1.807) is 4.68 Å². The quantitative estimate of drug-likeness (QED) is 0.848. The van der Waals surface area contributed by atoms with Crippen molar-refractivity contribution < 1.29 is 4.74 Å². The number of nitrogens with zero attached hydrogens (tertiary/aromatic N) is 3. The van der Waals surface area contributed by atoms with E-state index in [-0.39, 0.29) is 0 Å². The van der Waals surface area contributed by atoms with Gasteiger partial charge in [-0.1, -0.05) is 18.2 Å². The van der Waals surface area contributed by atoms with Crippen LogP contribution in [0.4, 0.5) is 0 Å². The highest BCUT2D eigenvalue weighted by Crippen LogP contribution is 2.16. The second-order valence-electron chi connectivity index (χ2n) is 4.47. The summed E-state index contributed by atoms with van der Waals surface area (Å²) in [6.45, 7) is 3.21. The van der Waals surface area contributed by atoms with Crippen molar-refractivity contribution in [2.45, 2.75) is 19.8 Å². The van der Waals surface area contributed by atoms with Crippen molar-refractivity contribution in [2.75, 3.05) is 13.2 Å². The highest BCUT2D eigenvalue weighted by Gasteiger charge is 2.07. The molecule has 5 nitrogen and oxygen atoms in total. The highest BCUT2D eigenvalue weighted by molar-refractivity contribution is 5.31. The number of rotatable bonds is 6. The van der Waals surface area contributed by atoms with Crippen LogP contribution in [0.15, 0.2) is 24.3 Å². The van der Waals surface area contributed by atoms with Crippen molar-refractivity contribution in [1.29, 1.82) is 0 Å². The van der Waals surface area contributed by atoms with Crippen LogP contribution in [0, 0.1) is 6.92 Å².